The highest BCUT2D eigenvalue weighted by Crippen LogP contribution is 2.33. The molecule has 1 aromatic heterocycles. The van der Waals surface area contributed by atoms with Gasteiger partial charge in [-0.15, -0.1) is 11.3 Å². The Balaban J connectivity index is 0.000000637. The van der Waals surface area contributed by atoms with E-state index in [0.717, 1.165) is 20.8 Å². The molecule has 0 radical (unpaired) electrons. The van der Waals surface area contributed by atoms with Gasteiger partial charge in [-0.2, -0.15) is 0 Å². The molecule has 0 saturated heterocycles. The molecule has 2 N–H and O–H groups in total. The Hall–Kier alpha value is -1.94. The van der Waals surface area contributed by atoms with Gasteiger partial charge in [-0.25, -0.2) is 9.37 Å². The number of nitrogens with two attached hydrogens (primary N) is 1. The monoisotopic (exact) mass is 274 g/mol. The number of aromatic nitrogens is 1. The number of rotatable bonds is 1. The number of hydrogen-bond donors (Lipinski definition) is 1. The van der Waals surface area contributed by atoms with Crippen LogP contribution in [0.3, 0.4) is 0 Å². The summed E-state index contributed by atoms with van der Waals surface area (Å²) in [5, 5.41) is 0.823. The van der Waals surface area contributed by atoms with Crippen LogP contribution in [0, 0.1) is 5.82 Å². The number of nitrogens with zero attached hydrogens (tertiary/aromatic N) is 1. The SMILES string of the molecule is CC.Nc1cc(F)ccc1-c1nc2ccccc2s1. The third kappa shape index (κ3) is 2.74. The van der Waals surface area contributed by atoms with Gasteiger partial charge in [0, 0.05) is 11.3 Å². The van der Waals surface area contributed by atoms with Gasteiger partial charge in [0.2, 0.25) is 0 Å². The van der Waals surface area contributed by atoms with E-state index in [4.69, 9.17) is 5.73 Å². The Labute approximate surface area is 115 Å². The topological polar surface area (TPSA) is 38.9 Å². The number of thiazole rings is 1. The van der Waals surface area contributed by atoms with E-state index in [1.165, 1.54) is 12.1 Å². The molecular weight excluding hydrogens is 259 g/mol. The van der Waals surface area contributed by atoms with Gasteiger partial charge in [0.15, 0.2) is 0 Å². The normalized spacial score (nSPS) is 10.1. The summed E-state index contributed by atoms with van der Waals surface area (Å²) in [6, 6.07) is 12.3. The molecule has 0 aliphatic carbocycles. The lowest BCUT2D eigenvalue weighted by Gasteiger charge is -2.00. The summed E-state index contributed by atoms with van der Waals surface area (Å²) in [5.74, 6) is -0.327. The van der Waals surface area contributed by atoms with Gasteiger partial charge in [0.1, 0.15) is 10.8 Å². The van der Waals surface area contributed by atoms with Gasteiger partial charge in [0.05, 0.1) is 10.2 Å². The number of hydrogen-bond acceptors (Lipinski definition) is 3. The molecular formula is C15H15FN2S. The summed E-state index contributed by atoms with van der Waals surface area (Å²) in [5.41, 5.74) is 7.95. The first-order valence-corrected chi connectivity index (χ1v) is 6.96. The largest absolute Gasteiger partial charge is 0.398 e. The van der Waals surface area contributed by atoms with Crippen LogP contribution < -0.4 is 5.73 Å². The molecule has 98 valence electrons. The highest BCUT2D eigenvalue weighted by molar-refractivity contribution is 7.21. The van der Waals surface area contributed by atoms with E-state index in [2.05, 4.69) is 4.98 Å². The molecule has 2 aromatic carbocycles. The smallest absolute Gasteiger partial charge is 0.126 e. The van der Waals surface area contributed by atoms with E-state index in [1.807, 2.05) is 38.1 Å². The maximum absolute atomic E-state index is 13.0. The van der Waals surface area contributed by atoms with Gasteiger partial charge in [-0.05, 0) is 30.3 Å². The average molecular weight is 274 g/mol. The van der Waals surface area contributed by atoms with Crippen molar-refractivity contribution in [1.29, 1.82) is 0 Å². The fourth-order valence-electron chi connectivity index (χ4n) is 1.72. The number of nitrogen functional groups attached to an aromatic ring is 1. The van der Waals surface area contributed by atoms with Crippen molar-refractivity contribution in [3.05, 3.63) is 48.3 Å². The van der Waals surface area contributed by atoms with Crippen LogP contribution in [0.4, 0.5) is 10.1 Å². The van der Waals surface area contributed by atoms with Gasteiger partial charge in [-0.3, -0.25) is 0 Å². The summed E-state index contributed by atoms with van der Waals surface area (Å²) in [7, 11) is 0. The number of benzene rings is 2. The van der Waals surface area contributed by atoms with Gasteiger partial charge in [-0.1, -0.05) is 26.0 Å². The van der Waals surface area contributed by atoms with Crippen molar-refractivity contribution >= 4 is 27.2 Å². The lowest BCUT2D eigenvalue weighted by atomic mass is 10.2. The minimum Gasteiger partial charge on any atom is -0.398 e. The number of anilines is 1. The van der Waals surface area contributed by atoms with Crippen molar-refractivity contribution in [2.45, 2.75) is 13.8 Å². The Morgan fingerprint density at radius 1 is 1.11 bits per heavy atom. The maximum Gasteiger partial charge on any atom is 0.126 e. The molecule has 0 aliphatic rings. The first-order valence-electron chi connectivity index (χ1n) is 6.15. The molecule has 0 aliphatic heterocycles. The highest BCUT2D eigenvalue weighted by Gasteiger charge is 2.09. The van der Waals surface area contributed by atoms with E-state index in [1.54, 1.807) is 17.4 Å². The lowest BCUT2D eigenvalue weighted by Crippen LogP contribution is -1.90. The molecule has 0 unspecified atom stereocenters. The summed E-state index contributed by atoms with van der Waals surface area (Å²) in [4.78, 5) is 4.49. The average Bonchev–Trinajstić information content (AvgIpc) is 2.84. The van der Waals surface area contributed by atoms with Gasteiger partial charge in [0.25, 0.3) is 0 Å². The van der Waals surface area contributed by atoms with E-state index < -0.39 is 0 Å². The Bertz CT molecular complexity index is 658. The highest BCUT2D eigenvalue weighted by atomic mass is 32.1. The van der Waals surface area contributed by atoms with Crippen molar-refractivity contribution in [2.75, 3.05) is 5.73 Å². The second kappa shape index (κ2) is 5.80. The first kappa shape index (κ1) is 13.5. The maximum atomic E-state index is 13.0. The summed E-state index contributed by atoms with van der Waals surface area (Å²) in [6.07, 6.45) is 0. The molecule has 0 spiro atoms. The van der Waals surface area contributed by atoms with Crippen LogP contribution in [0.2, 0.25) is 0 Å². The summed E-state index contributed by atoms with van der Waals surface area (Å²) < 4.78 is 14.1. The predicted octanol–water partition coefficient (Wildman–Crippen LogP) is 4.71. The number of halogens is 1. The second-order valence-corrected chi connectivity index (χ2v) is 4.75. The fraction of sp³-hybridized carbons (Fsp3) is 0.133. The van der Waals surface area contributed by atoms with E-state index >= 15 is 0 Å². The zero-order valence-electron chi connectivity index (χ0n) is 10.9. The van der Waals surface area contributed by atoms with Crippen LogP contribution in [-0.4, -0.2) is 4.98 Å². The van der Waals surface area contributed by atoms with Crippen molar-refractivity contribution in [3.63, 3.8) is 0 Å². The van der Waals surface area contributed by atoms with Crippen molar-refractivity contribution in [2.24, 2.45) is 0 Å². The molecule has 0 amide bonds. The molecule has 19 heavy (non-hydrogen) atoms. The van der Waals surface area contributed by atoms with Crippen LogP contribution in [0.5, 0.6) is 0 Å². The van der Waals surface area contributed by atoms with E-state index in [-0.39, 0.29) is 5.82 Å². The molecule has 0 bridgehead atoms. The zero-order valence-corrected chi connectivity index (χ0v) is 11.7. The van der Waals surface area contributed by atoms with E-state index in [0.29, 0.717) is 5.69 Å². The molecule has 3 aromatic rings. The first-order chi connectivity index (χ1) is 9.24. The van der Waals surface area contributed by atoms with Crippen molar-refractivity contribution in [1.82, 2.24) is 4.98 Å². The number of fused-ring (bicyclic) bond motifs is 1. The van der Waals surface area contributed by atoms with Crippen molar-refractivity contribution < 1.29 is 4.39 Å². The minimum absolute atomic E-state index is 0.327. The summed E-state index contributed by atoms with van der Waals surface area (Å²) >= 11 is 1.56. The van der Waals surface area contributed by atoms with E-state index in [9.17, 15) is 4.39 Å². The molecule has 3 rings (SSSR count). The molecule has 0 saturated carbocycles. The third-order valence-corrected chi connectivity index (χ3v) is 3.61. The quantitative estimate of drug-likeness (QED) is 0.653. The molecule has 2 nitrogen and oxygen atoms in total. The van der Waals surface area contributed by atoms with Crippen LogP contribution in [0.15, 0.2) is 42.5 Å². The molecule has 4 heteroatoms. The standard InChI is InChI=1S/C13H9FN2S.C2H6/c14-8-5-6-9(10(15)7-8)13-16-11-3-1-2-4-12(11)17-13;1-2/h1-7H,15H2;1-2H3. The van der Waals surface area contributed by atoms with Crippen LogP contribution in [0.25, 0.3) is 20.8 Å². The zero-order chi connectivity index (χ0) is 13.8. The minimum atomic E-state index is -0.327. The van der Waals surface area contributed by atoms with Crippen LogP contribution in [0.1, 0.15) is 13.8 Å². The van der Waals surface area contributed by atoms with Crippen LogP contribution in [-0.2, 0) is 0 Å². The second-order valence-electron chi connectivity index (χ2n) is 3.72. The Morgan fingerprint density at radius 2 is 1.84 bits per heavy atom. The van der Waals surface area contributed by atoms with Crippen LogP contribution >= 0.6 is 11.3 Å². The Morgan fingerprint density at radius 3 is 2.53 bits per heavy atom. The number of para-hydroxylation sites is 1. The van der Waals surface area contributed by atoms with Gasteiger partial charge >= 0.3 is 0 Å². The molecule has 0 fully saturated rings. The van der Waals surface area contributed by atoms with Crippen molar-refractivity contribution in [3.8, 4) is 10.6 Å². The molecule has 1 heterocycles. The summed E-state index contributed by atoms with van der Waals surface area (Å²) in [6.45, 7) is 4.00. The molecule has 0 atom stereocenters. The van der Waals surface area contributed by atoms with Gasteiger partial charge < -0.3 is 5.73 Å². The fourth-order valence-corrected chi connectivity index (χ4v) is 2.73. The lowest BCUT2D eigenvalue weighted by molar-refractivity contribution is 0.628. The predicted molar refractivity (Wildman–Crippen MR) is 80.8 cm³/mol. The Kier molecular flexibility index (Phi) is 4.12. The third-order valence-electron chi connectivity index (χ3n) is 2.54.